The molecule has 0 aliphatic carbocycles. The summed E-state index contributed by atoms with van der Waals surface area (Å²) < 4.78 is 5.55. The Bertz CT molecular complexity index is 706. The molecule has 6 nitrogen and oxygen atoms in total. The van der Waals surface area contributed by atoms with Gasteiger partial charge in [0.25, 0.3) is 5.91 Å². The highest BCUT2D eigenvalue weighted by Gasteiger charge is 2.49. The summed E-state index contributed by atoms with van der Waals surface area (Å²) in [5, 5.41) is 2.71. The first-order chi connectivity index (χ1) is 11.1. The second kappa shape index (κ2) is 6.08. The summed E-state index contributed by atoms with van der Waals surface area (Å²) in [5.74, 6) is 0.380. The first kappa shape index (κ1) is 15.0. The van der Waals surface area contributed by atoms with Crippen molar-refractivity contribution in [1.82, 2.24) is 15.2 Å². The maximum absolute atomic E-state index is 12.6. The van der Waals surface area contributed by atoms with E-state index in [1.807, 2.05) is 30.3 Å². The van der Waals surface area contributed by atoms with Crippen LogP contribution in [0, 0.1) is 0 Å². The van der Waals surface area contributed by atoms with E-state index in [2.05, 4.69) is 10.3 Å². The van der Waals surface area contributed by atoms with Crippen LogP contribution in [0.5, 0.6) is 5.75 Å². The summed E-state index contributed by atoms with van der Waals surface area (Å²) in [7, 11) is 0. The van der Waals surface area contributed by atoms with Crippen molar-refractivity contribution in [1.29, 1.82) is 0 Å². The molecule has 1 saturated heterocycles. The van der Waals surface area contributed by atoms with E-state index in [-0.39, 0.29) is 19.1 Å². The van der Waals surface area contributed by atoms with Crippen LogP contribution in [0.1, 0.15) is 12.6 Å². The van der Waals surface area contributed by atoms with Gasteiger partial charge in [-0.2, -0.15) is 0 Å². The van der Waals surface area contributed by atoms with Crippen LogP contribution in [0.15, 0.2) is 54.7 Å². The number of amides is 3. The van der Waals surface area contributed by atoms with Crippen molar-refractivity contribution >= 4 is 11.9 Å². The van der Waals surface area contributed by atoms with Gasteiger partial charge in [0.05, 0.1) is 12.2 Å². The molecule has 1 atom stereocenters. The van der Waals surface area contributed by atoms with E-state index < -0.39 is 11.6 Å². The van der Waals surface area contributed by atoms with E-state index >= 15 is 0 Å². The maximum atomic E-state index is 12.6. The zero-order valence-electron chi connectivity index (χ0n) is 12.7. The van der Waals surface area contributed by atoms with Gasteiger partial charge in [-0.05, 0) is 31.2 Å². The highest BCUT2D eigenvalue weighted by atomic mass is 16.5. The monoisotopic (exact) mass is 311 g/mol. The number of ether oxygens (including phenoxy) is 1. The van der Waals surface area contributed by atoms with Crippen LogP contribution in [0.4, 0.5) is 4.79 Å². The number of hydrogen-bond donors (Lipinski definition) is 1. The molecule has 1 unspecified atom stereocenters. The fourth-order valence-corrected chi connectivity index (χ4v) is 2.50. The molecule has 3 rings (SSSR count). The van der Waals surface area contributed by atoms with E-state index in [1.54, 1.807) is 31.3 Å². The highest BCUT2D eigenvalue weighted by Crippen LogP contribution is 2.26. The van der Waals surface area contributed by atoms with E-state index in [1.165, 1.54) is 0 Å². The summed E-state index contributed by atoms with van der Waals surface area (Å²) in [6, 6.07) is 14.1. The molecule has 1 aromatic heterocycles. The molecule has 1 N–H and O–H groups in total. The van der Waals surface area contributed by atoms with Gasteiger partial charge in [-0.15, -0.1) is 0 Å². The average molecular weight is 311 g/mol. The summed E-state index contributed by atoms with van der Waals surface area (Å²) in [6.07, 6.45) is 1.60. The largest absolute Gasteiger partial charge is 0.492 e. The molecule has 2 aromatic rings. The zero-order chi connectivity index (χ0) is 16.3. The van der Waals surface area contributed by atoms with Crippen molar-refractivity contribution in [3.8, 4) is 5.75 Å². The van der Waals surface area contributed by atoms with Crippen molar-refractivity contribution in [2.75, 3.05) is 13.2 Å². The quantitative estimate of drug-likeness (QED) is 0.857. The summed E-state index contributed by atoms with van der Waals surface area (Å²) in [4.78, 5) is 30.1. The first-order valence-electron chi connectivity index (χ1n) is 7.35. The molecule has 2 heterocycles. The molecule has 23 heavy (non-hydrogen) atoms. The smallest absolute Gasteiger partial charge is 0.325 e. The Morgan fingerprint density at radius 1 is 1.13 bits per heavy atom. The number of rotatable bonds is 5. The number of hydrogen-bond acceptors (Lipinski definition) is 4. The summed E-state index contributed by atoms with van der Waals surface area (Å²) in [5.41, 5.74) is -0.615. The predicted octanol–water partition coefficient (Wildman–Crippen LogP) is 1.93. The lowest BCUT2D eigenvalue weighted by Crippen LogP contribution is -2.42. The highest BCUT2D eigenvalue weighted by molar-refractivity contribution is 6.06. The van der Waals surface area contributed by atoms with E-state index in [4.69, 9.17) is 4.74 Å². The van der Waals surface area contributed by atoms with Gasteiger partial charge in [0.2, 0.25) is 0 Å². The zero-order valence-corrected chi connectivity index (χ0v) is 12.7. The van der Waals surface area contributed by atoms with Crippen LogP contribution in [-0.4, -0.2) is 35.0 Å². The number of carbonyl (C=O) groups excluding carboxylic acids is 2. The van der Waals surface area contributed by atoms with Crippen molar-refractivity contribution in [3.05, 3.63) is 60.4 Å². The fourth-order valence-electron chi connectivity index (χ4n) is 2.50. The molecule has 0 bridgehead atoms. The molecule has 6 heteroatoms. The Hall–Kier alpha value is -2.89. The molecule has 1 aliphatic heterocycles. The first-order valence-corrected chi connectivity index (χ1v) is 7.35. The minimum atomic E-state index is -1.13. The molecule has 0 radical (unpaired) electrons. The fraction of sp³-hybridized carbons (Fsp3) is 0.235. The molecule has 0 spiro atoms. The van der Waals surface area contributed by atoms with Crippen molar-refractivity contribution in [3.63, 3.8) is 0 Å². The van der Waals surface area contributed by atoms with Gasteiger partial charge in [0, 0.05) is 6.20 Å². The third-order valence-corrected chi connectivity index (χ3v) is 3.78. The lowest BCUT2D eigenvalue weighted by Gasteiger charge is -2.20. The van der Waals surface area contributed by atoms with Gasteiger partial charge in [-0.3, -0.25) is 14.7 Å². The number of aromatic nitrogens is 1. The number of carbonyl (C=O) groups is 2. The number of nitrogens with zero attached hydrogens (tertiary/aromatic N) is 2. The van der Waals surface area contributed by atoms with Crippen molar-refractivity contribution < 1.29 is 14.3 Å². The van der Waals surface area contributed by atoms with Crippen LogP contribution in [0.25, 0.3) is 0 Å². The van der Waals surface area contributed by atoms with Gasteiger partial charge in [-0.25, -0.2) is 4.79 Å². The molecule has 1 aliphatic rings. The molecular weight excluding hydrogens is 294 g/mol. The van der Waals surface area contributed by atoms with Crippen LogP contribution in [0.2, 0.25) is 0 Å². The normalized spacial score (nSPS) is 20.5. The van der Waals surface area contributed by atoms with E-state index in [0.717, 1.165) is 4.90 Å². The minimum absolute atomic E-state index is 0.183. The second-order valence-corrected chi connectivity index (χ2v) is 5.39. The lowest BCUT2D eigenvalue weighted by molar-refractivity contribution is -0.131. The Labute approximate surface area is 134 Å². The summed E-state index contributed by atoms with van der Waals surface area (Å²) in [6.45, 7) is 2.08. The Morgan fingerprint density at radius 2 is 1.87 bits per heavy atom. The van der Waals surface area contributed by atoms with Crippen LogP contribution in [0.3, 0.4) is 0 Å². The molecule has 0 saturated carbocycles. The average Bonchev–Trinajstić information content (AvgIpc) is 2.81. The number of benzene rings is 1. The molecule has 1 aromatic carbocycles. The third-order valence-electron chi connectivity index (χ3n) is 3.78. The van der Waals surface area contributed by atoms with Crippen LogP contribution in [-0.2, 0) is 10.3 Å². The number of urea groups is 1. The molecule has 1 fully saturated rings. The Balaban J connectivity index is 1.67. The third kappa shape index (κ3) is 2.88. The van der Waals surface area contributed by atoms with Gasteiger partial charge < -0.3 is 10.1 Å². The van der Waals surface area contributed by atoms with Crippen molar-refractivity contribution in [2.24, 2.45) is 0 Å². The Morgan fingerprint density at radius 3 is 2.57 bits per heavy atom. The van der Waals surface area contributed by atoms with Crippen LogP contribution >= 0.6 is 0 Å². The van der Waals surface area contributed by atoms with Gasteiger partial charge >= 0.3 is 6.03 Å². The predicted molar refractivity (Wildman–Crippen MR) is 83.8 cm³/mol. The van der Waals surface area contributed by atoms with E-state index in [9.17, 15) is 9.59 Å². The minimum Gasteiger partial charge on any atom is -0.492 e. The lowest BCUT2D eigenvalue weighted by atomic mass is 9.97. The second-order valence-electron chi connectivity index (χ2n) is 5.39. The van der Waals surface area contributed by atoms with Gasteiger partial charge in [-0.1, -0.05) is 24.3 Å². The molecule has 118 valence electrons. The maximum Gasteiger partial charge on any atom is 0.325 e. The number of imide groups is 1. The summed E-state index contributed by atoms with van der Waals surface area (Å²) >= 11 is 0. The number of pyridine rings is 1. The van der Waals surface area contributed by atoms with E-state index in [0.29, 0.717) is 11.4 Å². The number of para-hydroxylation sites is 1. The van der Waals surface area contributed by atoms with Gasteiger partial charge in [0.15, 0.2) is 5.54 Å². The molecule has 3 amide bonds. The topological polar surface area (TPSA) is 71.5 Å². The Kier molecular flexibility index (Phi) is 3.97. The molecular formula is C17H17N3O3. The standard InChI is InChI=1S/C17H17N3O3/c1-17(14-9-5-6-10-18-14)15(21)20(16(22)19-17)11-12-23-13-7-3-2-4-8-13/h2-10H,11-12H2,1H3,(H,19,22). The van der Waals surface area contributed by atoms with Crippen LogP contribution < -0.4 is 10.1 Å². The SMILES string of the molecule is CC1(c2ccccn2)NC(=O)N(CCOc2ccccc2)C1=O. The van der Waals surface area contributed by atoms with Crippen molar-refractivity contribution in [2.45, 2.75) is 12.5 Å². The van der Waals surface area contributed by atoms with Gasteiger partial charge in [0.1, 0.15) is 12.4 Å². The number of nitrogens with one attached hydrogen (secondary N) is 1.